The van der Waals surface area contributed by atoms with E-state index in [9.17, 15) is 9.59 Å². The number of carbonyl (C=O) groups is 1. The monoisotopic (exact) mass is 507 g/mol. The van der Waals surface area contributed by atoms with Gasteiger partial charge in [0.1, 0.15) is 5.75 Å². The second kappa shape index (κ2) is 7.15. The molecule has 0 fully saturated rings. The van der Waals surface area contributed by atoms with Crippen molar-refractivity contribution in [3.63, 3.8) is 0 Å². The van der Waals surface area contributed by atoms with Crippen LogP contribution < -0.4 is 10.5 Å². The highest BCUT2D eigenvalue weighted by Gasteiger charge is 2.21. The fraction of sp³-hybridized carbons (Fsp3) is 0.125. The zero-order valence-corrected chi connectivity index (χ0v) is 17.3. The molecule has 0 bridgehead atoms. The molecule has 0 radical (unpaired) electrons. The lowest BCUT2D eigenvalue weighted by atomic mass is 10.2. The topological polar surface area (TPSA) is 61.4 Å². The van der Waals surface area contributed by atoms with Crippen molar-refractivity contribution in [1.82, 2.24) is 4.57 Å². The number of aryl methyl sites for hydroxylation is 1. The maximum absolute atomic E-state index is 11.1. The van der Waals surface area contributed by atoms with E-state index < -0.39 is 0 Å². The summed E-state index contributed by atoms with van der Waals surface area (Å²) in [6, 6.07) is 6.82. The highest BCUT2D eigenvalue weighted by Crippen LogP contribution is 2.34. The third-order valence-electron chi connectivity index (χ3n) is 3.50. The molecule has 130 valence electrons. The Kier molecular flexibility index (Phi) is 5.29. The Morgan fingerprint density at radius 3 is 2.40 bits per heavy atom. The molecule has 1 aromatic heterocycles. The molecule has 2 heterocycles. The Hall–Kier alpha value is -1.28. The Labute approximate surface area is 168 Å². The van der Waals surface area contributed by atoms with Gasteiger partial charge in [0, 0.05) is 33.7 Å². The van der Waals surface area contributed by atoms with Crippen LogP contribution in [0.15, 0.2) is 42.4 Å². The molecule has 0 amide bonds. The average molecular weight is 510 g/mol. The second-order valence-electron chi connectivity index (χ2n) is 5.19. The van der Waals surface area contributed by atoms with Gasteiger partial charge in [-0.05, 0) is 44.0 Å². The summed E-state index contributed by atoms with van der Waals surface area (Å²) in [5.41, 5.74) is 2.11. The predicted molar refractivity (Wildman–Crippen MR) is 103 cm³/mol. The van der Waals surface area contributed by atoms with Crippen LogP contribution in [0.1, 0.15) is 5.56 Å². The number of nitrogens with zero attached hydrogens (tertiary/aromatic N) is 1. The minimum atomic E-state index is -0.385. The number of aromatic nitrogens is 1. The molecule has 0 saturated carbocycles. The summed E-state index contributed by atoms with van der Waals surface area (Å²) in [6.07, 6.45) is 0.338. The van der Waals surface area contributed by atoms with Crippen LogP contribution in [0.3, 0.4) is 0 Å². The highest BCUT2D eigenvalue weighted by atomic mass is 79.9. The quantitative estimate of drug-likeness (QED) is 0.312. The molecular weight excluding hydrogens is 501 g/mol. The van der Waals surface area contributed by atoms with Crippen LogP contribution in [0.25, 0.3) is 11.1 Å². The molecule has 25 heavy (non-hydrogen) atoms. The van der Waals surface area contributed by atoms with Crippen molar-refractivity contribution in [3.8, 4) is 5.75 Å². The first-order valence-corrected chi connectivity index (χ1v) is 9.23. The highest BCUT2D eigenvalue weighted by molar-refractivity contribution is 9.10. The van der Waals surface area contributed by atoms with Gasteiger partial charge in [-0.15, -0.1) is 0 Å². The third kappa shape index (κ3) is 3.79. The van der Waals surface area contributed by atoms with Gasteiger partial charge in [0.05, 0.1) is 22.0 Å². The summed E-state index contributed by atoms with van der Waals surface area (Å²) in [4.78, 5) is 21.9. The number of carbonyl (C=O) groups excluding carboxylic acids is 1. The normalized spacial score (nSPS) is 12.6. The number of rotatable bonds is 0. The SMILES string of the molecule is Cn1c(=O)oc2cc(Cl)c(Br)cc21.O=C1Cc2cc(Br)c(Cl)cc2O1. The lowest BCUT2D eigenvalue weighted by molar-refractivity contribution is -0.131. The summed E-state index contributed by atoms with van der Waals surface area (Å²) in [5, 5.41) is 1.09. The predicted octanol–water partition coefficient (Wildman–Crippen LogP) is 5.11. The zero-order chi connectivity index (χ0) is 18.3. The Morgan fingerprint density at radius 1 is 1.04 bits per heavy atom. The van der Waals surface area contributed by atoms with Gasteiger partial charge in [-0.1, -0.05) is 23.2 Å². The molecule has 0 spiro atoms. The average Bonchev–Trinajstić information content (AvgIpc) is 3.02. The van der Waals surface area contributed by atoms with E-state index in [1.165, 1.54) is 4.57 Å². The number of hydrogen-bond donors (Lipinski definition) is 0. The lowest BCUT2D eigenvalue weighted by Crippen LogP contribution is -2.08. The van der Waals surface area contributed by atoms with Crippen molar-refractivity contribution in [2.24, 2.45) is 7.05 Å². The van der Waals surface area contributed by atoms with E-state index in [4.69, 9.17) is 32.4 Å². The fourth-order valence-electron chi connectivity index (χ4n) is 2.24. The van der Waals surface area contributed by atoms with Crippen molar-refractivity contribution >= 4 is 72.1 Å². The molecule has 0 unspecified atom stereocenters. The van der Waals surface area contributed by atoms with Crippen molar-refractivity contribution < 1.29 is 13.9 Å². The fourth-order valence-corrected chi connectivity index (χ4v) is 3.27. The van der Waals surface area contributed by atoms with Crippen LogP contribution in [0.5, 0.6) is 5.75 Å². The second-order valence-corrected chi connectivity index (χ2v) is 7.71. The molecule has 0 N–H and O–H groups in total. The number of benzene rings is 2. The first kappa shape index (κ1) is 18.5. The van der Waals surface area contributed by atoms with Crippen molar-refractivity contribution in [3.05, 3.63) is 59.4 Å². The van der Waals surface area contributed by atoms with Gasteiger partial charge in [-0.3, -0.25) is 9.36 Å². The Morgan fingerprint density at radius 2 is 1.68 bits per heavy atom. The van der Waals surface area contributed by atoms with E-state index in [1.54, 1.807) is 25.2 Å². The molecule has 0 aliphatic carbocycles. The van der Waals surface area contributed by atoms with Gasteiger partial charge >= 0.3 is 11.7 Å². The van der Waals surface area contributed by atoms with Crippen LogP contribution in [-0.4, -0.2) is 10.5 Å². The van der Waals surface area contributed by atoms with E-state index in [0.29, 0.717) is 27.8 Å². The number of halogens is 4. The van der Waals surface area contributed by atoms with Crippen LogP contribution >= 0.6 is 55.1 Å². The van der Waals surface area contributed by atoms with Crippen LogP contribution in [0.4, 0.5) is 0 Å². The van der Waals surface area contributed by atoms with Crippen molar-refractivity contribution in [2.75, 3.05) is 0 Å². The van der Waals surface area contributed by atoms with Crippen LogP contribution in [0.2, 0.25) is 10.0 Å². The molecule has 1 aliphatic heterocycles. The van der Waals surface area contributed by atoms with Crippen LogP contribution in [0, 0.1) is 0 Å². The molecule has 4 rings (SSSR count). The van der Waals surface area contributed by atoms with E-state index in [2.05, 4.69) is 31.9 Å². The Bertz CT molecular complexity index is 1030. The number of oxazole rings is 1. The smallest absolute Gasteiger partial charge is 0.419 e. The maximum atomic E-state index is 11.1. The number of hydrogen-bond acceptors (Lipinski definition) is 4. The minimum Gasteiger partial charge on any atom is -0.426 e. The third-order valence-corrected chi connectivity index (χ3v) is 5.89. The van der Waals surface area contributed by atoms with E-state index >= 15 is 0 Å². The molecule has 2 aromatic carbocycles. The van der Waals surface area contributed by atoms with Crippen LogP contribution in [-0.2, 0) is 18.3 Å². The summed E-state index contributed by atoms with van der Waals surface area (Å²) >= 11 is 18.2. The summed E-state index contributed by atoms with van der Waals surface area (Å²) in [7, 11) is 1.65. The lowest BCUT2D eigenvalue weighted by Gasteiger charge is -1.99. The Balaban J connectivity index is 0.000000146. The summed E-state index contributed by atoms with van der Waals surface area (Å²) < 4.78 is 12.8. The molecule has 5 nitrogen and oxygen atoms in total. The molecule has 0 atom stereocenters. The minimum absolute atomic E-state index is 0.223. The zero-order valence-electron chi connectivity index (χ0n) is 12.6. The summed E-state index contributed by atoms with van der Waals surface area (Å²) in [5.74, 6) is -0.0310. The number of esters is 1. The first-order chi connectivity index (χ1) is 11.8. The van der Waals surface area contributed by atoms with Gasteiger partial charge < -0.3 is 9.15 Å². The van der Waals surface area contributed by atoms with Gasteiger partial charge in [0.25, 0.3) is 0 Å². The molecule has 3 aromatic rings. The van der Waals surface area contributed by atoms with E-state index in [1.807, 2.05) is 6.07 Å². The van der Waals surface area contributed by atoms with Gasteiger partial charge in [-0.25, -0.2) is 4.79 Å². The molecule has 1 aliphatic rings. The van der Waals surface area contributed by atoms with Crippen molar-refractivity contribution in [1.29, 1.82) is 0 Å². The van der Waals surface area contributed by atoms with Crippen molar-refractivity contribution in [2.45, 2.75) is 6.42 Å². The first-order valence-electron chi connectivity index (χ1n) is 6.89. The number of ether oxygens (including phenoxy) is 1. The molecule has 9 heteroatoms. The standard InChI is InChI=1S/C8H5BrClNO2.C8H4BrClO2/c1-11-6-2-4(9)5(10)3-7(6)13-8(11)12;9-5-1-4-2-8(11)12-7(4)3-6(5)10/h2-3H,1H3;1,3H,2H2. The van der Waals surface area contributed by atoms with Gasteiger partial charge in [0.2, 0.25) is 0 Å². The maximum Gasteiger partial charge on any atom is 0.419 e. The van der Waals surface area contributed by atoms with Gasteiger partial charge in [0.15, 0.2) is 5.58 Å². The van der Waals surface area contributed by atoms with E-state index in [-0.39, 0.29) is 11.7 Å². The van der Waals surface area contributed by atoms with Gasteiger partial charge in [-0.2, -0.15) is 0 Å². The number of fused-ring (bicyclic) bond motifs is 2. The summed E-state index contributed by atoms with van der Waals surface area (Å²) in [6.45, 7) is 0. The molecular formula is C16H9Br2Cl2NO4. The van der Waals surface area contributed by atoms with E-state index in [0.717, 1.165) is 20.0 Å². The molecule has 0 saturated heterocycles. The largest absolute Gasteiger partial charge is 0.426 e.